The number of hydrogen-bond donors (Lipinski definition) is 0. The van der Waals surface area contributed by atoms with Crippen molar-refractivity contribution in [2.24, 2.45) is 52.3 Å². The van der Waals surface area contributed by atoms with Gasteiger partial charge in [0.25, 0.3) is 0 Å². The van der Waals surface area contributed by atoms with Crippen molar-refractivity contribution < 1.29 is 23.9 Å². The van der Waals surface area contributed by atoms with Gasteiger partial charge >= 0.3 is 11.9 Å². The molecule has 216 valence electrons. The molecule has 5 heteroatoms. The van der Waals surface area contributed by atoms with E-state index in [1.807, 2.05) is 0 Å². The summed E-state index contributed by atoms with van der Waals surface area (Å²) in [6.45, 7) is 17.1. The summed E-state index contributed by atoms with van der Waals surface area (Å²) in [5.41, 5.74) is -1.30. The van der Waals surface area contributed by atoms with Gasteiger partial charge in [0, 0.05) is 32.1 Å². The van der Waals surface area contributed by atoms with Crippen LogP contribution in [0.5, 0.6) is 0 Å². The molecule has 10 atom stereocenters. The zero-order valence-electron chi connectivity index (χ0n) is 25.4. The van der Waals surface area contributed by atoms with Crippen molar-refractivity contribution in [3.05, 3.63) is 0 Å². The Balaban J connectivity index is 1.57. The van der Waals surface area contributed by atoms with Gasteiger partial charge in [0.15, 0.2) is 11.4 Å². The summed E-state index contributed by atoms with van der Waals surface area (Å²) in [7, 11) is 0. The maximum Gasteiger partial charge on any atom is 0.303 e. The van der Waals surface area contributed by atoms with E-state index in [0.717, 1.165) is 37.0 Å². The van der Waals surface area contributed by atoms with Crippen molar-refractivity contribution in [1.29, 1.82) is 0 Å². The Bertz CT molecular complexity index is 911. The first kappa shape index (κ1) is 29.6. The number of rotatable bonds is 8. The summed E-state index contributed by atoms with van der Waals surface area (Å²) in [6.07, 6.45) is 10.6. The van der Waals surface area contributed by atoms with Gasteiger partial charge in [-0.3, -0.25) is 14.4 Å². The summed E-state index contributed by atoms with van der Waals surface area (Å²) in [6, 6.07) is 0. The van der Waals surface area contributed by atoms with Crippen LogP contribution in [-0.4, -0.2) is 29.4 Å². The van der Waals surface area contributed by atoms with Gasteiger partial charge in [0.2, 0.25) is 0 Å². The van der Waals surface area contributed by atoms with Crippen LogP contribution in [0.15, 0.2) is 0 Å². The highest BCUT2D eigenvalue weighted by molar-refractivity contribution is 5.92. The van der Waals surface area contributed by atoms with Gasteiger partial charge < -0.3 is 9.47 Å². The van der Waals surface area contributed by atoms with Crippen molar-refractivity contribution in [2.45, 2.75) is 138 Å². The fourth-order valence-electron chi connectivity index (χ4n) is 10.4. The third kappa shape index (κ3) is 4.87. The second kappa shape index (κ2) is 10.9. The average molecular weight is 531 g/mol. The molecule has 0 aromatic heterocycles. The van der Waals surface area contributed by atoms with Gasteiger partial charge in [-0.25, -0.2) is 0 Å². The summed E-state index contributed by atoms with van der Waals surface area (Å²) in [5, 5.41) is 0. The molecule has 4 saturated carbocycles. The number of esters is 2. The maximum absolute atomic E-state index is 14.1. The fraction of sp³-hybridized carbons (Fsp3) is 0.909. The molecule has 0 heterocycles. The number of Topliss-reactive ketones (excluding diaryl/α,β-unsaturated/α-hetero) is 1. The molecule has 4 aliphatic carbocycles. The second-order valence-corrected chi connectivity index (χ2v) is 14.5. The lowest BCUT2D eigenvalue weighted by Gasteiger charge is -2.63. The number of ketones is 1. The van der Waals surface area contributed by atoms with Crippen LogP contribution in [0.1, 0.15) is 126 Å². The summed E-state index contributed by atoms with van der Waals surface area (Å²) in [5.74, 6) is 3.59. The molecular formula is C33H54O5. The molecular weight excluding hydrogens is 476 g/mol. The molecule has 0 bridgehead atoms. The fourth-order valence-corrected chi connectivity index (χ4v) is 10.4. The molecule has 0 radical (unpaired) electrons. The first-order valence-corrected chi connectivity index (χ1v) is 15.7. The molecule has 0 amide bonds. The lowest BCUT2D eigenvalue weighted by Crippen LogP contribution is -2.68. The van der Waals surface area contributed by atoms with Gasteiger partial charge in [0.1, 0.15) is 6.10 Å². The minimum absolute atomic E-state index is 0.0665. The number of carbonyl (C=O) groups is 3. The third-order valence-corrected chi connectivity index (χ3v) is 12.4. The van der Waals surface area contributed by atoms with Crippen LogP contribution in [0.3, 0.4) is 0 Å². The third-order valence-electron chi connectivity index (χ3n) is 12.4. The van der Waals surface area contributed by atoms with E-state index in [4.69, 9.17) is 9.47 Å². The molecule has 0 saturated heterocycles. The Labute approximate surface area is 231 Å². The molecule has 0 aromatic carbocycles. The molecule has 0 N–H and O–H groups in total. The standard InChI is InChI=1S/C33H54O5/c1-9-24(20(2)3)11-10-21(4)27-12-13-28-26-18-30(36)33(38-23(6)35)19-25(37-22(5)34)14-17-32(33,8)29(26)15-16-31(27,28)7/h20-21,24-29H,9-19H2,1-8H3/t21-,24-,25+,26+,27-,28+,29+,31-,32-,33+/m1/s1. The normalized spacial score (nSPS) is 42.0. The quantitative estimate of drug-likeness (QED) is 0.303. The Morgan fingerprint density at radius 1 is 0.947 bits per heavy atom. The second-order valence-electron chi connectivity index (χ2n) is 14.5. The van der Waals surface area contributed by atoms with Crippen molar-refractivity contribution in [1.82, 2.24) is 0 Å². The van der Waals surface area contributed by atoms with Gasteiger partial charge in [-0.2, -0.15) is 0 Å². The van der Waals surface area contributed by atoms with E-state index < -0.39 is 17.0 Å². The van der Waals surface area contributed by atoms with Crippen LogP contribution < -0.4 is 0 Å². The van der Waals surface area contributed by atoms with Crippen molar-refractivity contribution in [3.8, 4) is 0 Å². The zero-order valence-corrected chi connectivity index (χ0v) is 25.4. The van der Waals surface area contributed by atoms with Crippen LogP contribution in [0.4, 0.5) is 0 Å². The largest absolute Gasteiger partial charge is 0.462 e. The molecule has 0 spiro atoms. The van der Waals surface area contributed by atoms with Gasteiger partial charge in [-0.05, 0) is 91.8 Å². The van der Waals surface area contributed by atoms with Gasteiger partial charge in [-0.15, -0.1) is 0 Å². The first-order chi connectivity index (χ1) is 17.8. The van der Waals surface area contributed by atoms with E-state index >= 15 is 0 Å². The molecule has 0 unspecified atom stereocenters. The van der Waals surface area contributed by atoms with Gasteiger partial charge in [0.05, 0.1) is 0 Å². The van der Waals surface area contributed by atoms with Crippen molar-refractivity contribution in [3.63, 3.8) is 0 Å². The Morgan fingerprint density at radius 2 is 1.66 bits per heavy atom. The number of fused-ring (bicyclic) bond motifs is 5. The van der Waals surface area contributed by atoms with E-state index in [2.05, 4.69) is 41.5 Å². The minimum Gasteiger partial charge on any atom is -0.462 e. The molecule has 38 heavy (non-hydrogen) atoms. The predicted octanol–water partition coefficient (Wildman–Crippen LogP) is 7.54. The molecule has 0 aromatic rings. The minimum atomic E-state index is -1.18. The van der Waals surface area contributed by atoms with Crippen LogP contribution >= 0.6 is 0 Å². The van der Waals surface area contributed by atoms with E-state index in [-0.39, 0.29) is 23.3 Å². The molecule has 4 rings (SSSR count). The predicted molar refractivity (Wildman–Crippen MR) is 149 cm³/mol. The van der Waals surface area contributed by atoms with E-state index in [1.165, 1.54) is 52.4 Å². The molecule has 0 aliphatic heterocycles. The van der Waals surface area contributed by atoms with E-state index in [1.54, 1.807) is 0 Å². The Morgan fingerprint density at radius 3 is 2.26 bits per heavy atom. The summed E-state index contributed by atoms with van der Waals surface area (Å²) in [4.78, 5) is 38.3. The van der Waals surface area contributed by atoms with E-state index in [0.29, 0.717) is 36.5 Å². The first-order valence-electron chi connectivity index (χ1n) is 15.7. The van der Waals surface area contributed by atoms with Crippen LogP contribution in [-0.2, 0) is 23.9 Å². The average Bonchev–Trinajstić information content (AvgIpc) is 3.17. The highest BCUT2D eigenvalue weighted by Gasteiger charge is 2.70. The highest BCUT2D eigenvalue weighted by atomic mass is 16.6. The van der Waals surface area contributed by atoms with Gasteiger partial charge in [-0.1, -0.05) is 54.4 Å². The zero-order chi connectivity index (χ0) is 28.0. The number of hydrogen-bond acceptors (Lipinski definition) is 5. The highest BCUT2D eigenvalue weighted by Crippen LogP contribution is 2.69. The molecule has 5 nitrogen and oxygen atoms in total. The summed E-state index contributed by atoms with van der Waals surface area (Å²) >= 11 is 0. The lowest BCUT2D eigenvalue weighted by molar-refractivity contribution is -0.230. The molecule has 4 fully saturated rings. The van der Waals surface area contributed by atoms with Crippen molar-refractivity contribution >= 4 is 17.7 Å². The number of ether oxygens (including phenoxy) is 2. The van der Waals surface area contributed by atoms with Crippen LogP contribution in [0.2, 0.25) is 0 Å². The molecule has 4 aliphatic rings. The summed E-state index contributed by atoms with van der Waals surface area (Å²) < 4.78 is 11.6. The van der Waals surface area contributed by atoms with Crippen LogP contribution in [0, 0.1) is 52.3 Å². The monoisotopic (exact) mass is 530 g/mol. The maximum atomic E-state index is 14.1. The van der Waals surface area contributed by atoms with Crippen LogP contribution in [0.25, 0.3) is 0 Å². The lowest BCUT2D eigenvalue weighted by atomic mass is 9.42. The SMILES string of the molecule is CC[C@H](CC[C@@H](C)[C@H]1CC[C@H]2[C@@H]3CC(=O)[C@@]4(OC(C)=O)C[C@@H](OC(C)=O)CC[C@]4(C)[C@H]3CC[C@]12C)C(C)C. The van der Waals surface area contributed by atoms with Crippen molar-refractivity contribution in [2.75, 3.05) is 0 Å². The Hall–Kier alpha value is -1.39. The topological polar surface area (TPSA) is 69.7 Å². The Kier molecular flexibility index (Phi) is 8.47. The van der Waals surface area contributed by atoms with E-state index in [9.17, 15) is 14.4 Å². The number of carbonyl (C=O) groups excluding carboxylic acids is 3. The smallest absolute Gasteiger partial charge is 0.303 e.